The van der Waals surface area contributed by atoms with E-state index in [0.29, 0.717) is 0 Å². The summed E-state index contributed by atoms with van der Waals surface area (Å²) in [5.74, 6) is 2.80. The van der Waals surface area contributed by atoms with E-state index in [2.05, 4.69) is 57.2 Å². The van der Waals surface area contributed by atoms with Crippen LogP contribution in [-0.2, 0) is 4.74 Å². The lowest BCUT2D eigenvalue weighted by Gasteiger charge is -2.27. The molecule has 30 heavy (non-hydrogen) atoms. The third kappa shape index (κ3) is 3.02. The normalized spacial score (nSPS) is 15.9. The number of pyridine rings is 1. The Morgan fingerprint density at radius 3 is 2.67 bits per heavy atom. The molecule has 2 aliphatic rings. The van der Waals surface area contributed by atoms with E-state index in [4.69, 9.17) is 14.7 Å². The van der Waals surface area contributed by atoms with Crippen LogP contribution >= 0.6 is 11.8 Å². The van der Waals surface area contributed by atoms with E-state index < -0.39 is 0 Å². The predicted molar refractivity (Wildman–Crippen MR) is 122 cm³/mol. The van der Waals surface area contributed by atoms with Crippen molar-refractivity contribution in [1.29, 1.82) is 0 Å². The number of fused-ring (bicyclic) bond motifs is 2. The Morgan fingerprint density at radius 2 is 1.80 bits per heavy atom. The summed E-state index contributed by atoms with van der Waals surface area (Å²) in [6.45, 7) is 3.20. The Bertz CT molecular complexity index is 1220. The highest BCUT2D eigenvalue weighted by atomic mass is 32.2. The Labute approximate surface area is 178 Å². The first kappa shape index (κ1) is 17.8. The number of thioether (sulfide) groups is 1. The Balaban J connectivity index is 1.56. The number of nitrogens with one attached hydrogen (secondary N) is 1. The number of anilines is 2. The molecule has 6 rings (SSSR count). The number of benzene rings is 2. The molecule has 6 nitrogen and oxygen atoms in total. The van der Waals surface area contributed by atoms with E-state index in [1.165, 1.54) is 10.6 Å². The minimum absolute atomic E-state index is 0.739. The predicted octanol–water partition coefficient (Wildman–Crippen LogP) is 4.40. The number of hydrogen-bond acceptors (Lipinski definition) is 6. The van der Waals surface area contributed by atoms with Crippen LogP contribution in [0.15, 0.2) is 65.6 Å². The lowest BCUT2D eigenvalue weighted by atomic mass is 10.2. The highest BCUT2D eigenvalue weighted by Gasteiger charge is 2.20. The maximum absolute atomic E-state index is 5.51. The molecule has 0 spiro atoms. The van der Waals surface area contributed by atoms with Crippen molar-refractivity contribution in [1.82, 2.24) is 14.5 Å². The third-order valence-corrected chi connectivity index (χ3v) is 6.51. The van der Waals surface area contributed by atoms with E-state index >= 15 is 0 Å². The van der Waals surface area contributed by atoms with Crippen molar-refractivity contribution in [3.8, 4) is 17.1 Å². The minimum Gasteiger partial charge on any atom is -0.378 e. The molecule has 4 heterocycles. The van der Waals surface area contributed by atoms with Gasteiger partial charge in [0.2, 0.25) is 0 Å². The van der Waals surface area contributed by atoms with Crippen LogP contribution < -0.4 is 10.2 Å². The molecule has 0 atom stereocenters. The highest BCUT2D eigenvalue weighted by molar-refractivity contribution is 7.99. The molecule has 2 aliphatic heterocycles. The molecule has 0 amide bonds. The van der Waals surface area contributed by atoms with E-state index in [1.807, 2.05) is 30.0 Å². The molecule has 0 bridgehead atoms. The first-order valence-electron chi connectivity index (χ1n) is 10.2. The Morgan fingerprint density at radius 1 is 0.933 bits per heavy atom. The van der Waals surface area contributed by atoms with E-state index in [9.17, 15) is 0 Å². The number of imidazole rings is 1. The topological polar surface area (TPSA) is 55.2 Å². The van der Waals surface area contributed by atoms with Gasteiger partial charge >= 0.3 is 0 Å². The first-order chi connectivity index (χ1) is 14.9. The number of aromatic nitrogens is 3. The average molecular weight is 416 g/mol. The molecule has 0 aliphatic carbocycles. The van der Waals surface area contributed by atoms with Crippen LogP contribution in [0.25, 0.3) is 28.2 Å². The zero-order valence-electron chi connectivity index (χ0n) is 16.4. The largest absolute Gasteiger partial charge is 0.378 e. The number of morpholine rings is 1. The fourth-order valence-electron chi connectivity index (χ4n) is 4.05. The summed E-state index contributed by atoms with van der Waals surface area (Å²) >= 11 is 1.82. The van der Waals surface area contributed by atoms with Crippen molar-refractivity contribution in [3.05, 3.63) is 60.7 Å². The van der Waals surface area contributed by atoms with E-state index in [-0.39, 0.29) is 0 Å². The monoisotopic (exact) mass is 415 g/mol. The number of nitrogens with zero attached hydrogens (tertiary/aromatic N) is 4. The molecule has 2 aromatic carbocycles. The van der Waals surface area contributed by atoms with Gasteiger partial charge in [-0.15, -0.1) is 11.8 Å². The minimum atomic E-state index is 0.739. The fraction of sp³-hybridized carbons (Fsp3) is 0.217. The molecule has 1 N–H and O–H groups in total. The molecule has 0 saturated carbocycles. The zero-order valence-corrected chi connectivity index (χ0v) is 17.2. The standard InChI is InChI=1S/C23H21N5OS/c1-2-4-16(5-3-1)22-25-19-8-9-21(27-10-12-29-13-11-27)26-23(19)28(22)17-6-7-18-20(14-17)30-15-24-18/h1-9,14,24H,10-13,15H2. The van der Waals surface area contributed by atoms with Crippen LogP contribution in [0.4, 0.5) is 11.5 Å². The van der Waals surface area contributed by atoms with Crippen molar-refractivity contribution < 1.29 is 4.74 Å². The average Bonchev–Trinajstić information content (AvgIpc) is 3.43. The van der Waals surface area contributed by atoms with Crippen LogP contribution in [0.3, 0.4) is 0 Å². The fourth-order valence-corrected chi connectivity index (χ4v) is 4.93. The van der Waals surface area contributed by atoms with Crippen molar-refractivity contribution in [2.45, 2.75) is 4.90 Å². The number of rotatable bonds is 3. The van der Waals surface area contributed by atoms with Gasteiger partial charge in [0, 0.05) is 29.2 Å². The van der Waals surface area contributed by atoms with Gasteiger partial charge in [-0.2, -0.15) is 0 Å². The lowest BCUT2D eigenvalue weighted by molar-refractivity contribution is 0.122. The SMILES string of the molecule is c1ccc(-c2nc3ccc(N4CCOCC4)nc3n2-c2ccc3c(c2)SCN3)cc1. The van der Waals surface area contributed by atoms with Crippen molar-refractivity contribution in [2.24, 2.45) is 0 Å². The number of ether oxygens (including phenoxy) is 1. The summed E-state index contributed by atoms with van der Waals surface area (Å²) in [6, 6.07) is 21.0. The van der Waals surface area contributed by atoms with Gasteiger partial charge in [0.1, 0.15) is 17.2 Å². The second kappa shape index (κ2) is 7.34. The van der Waals surface area contributed by atoms with Gasteiger partial charge in [-0.1, -0.05) is 30.3 Å². The first-order valence-corrected chi connectivity index (χ1v) is 11.1. The van der Waals surface area contributed by atoms with Crippen LogP contribution in [0.5, 0.6) is 0 Å². The molecule has 0 unspecified atom stereocenters. The van der Waals surface area contributed by atoms with Gasteiger partial charge in [-0.3, -0.25) is 4.57 Å². The molecule has 150 valence electrons. The molecule has 1 fully saturated rings. The molecule has 4 aromatic rings. The summed E-state index contributed by atoms with van der Waals surface area (Å²) in [5.41, 5.74) is 5.13. The van der Waals surface area contributed by atoms with Gasteiger partial charge in [0.15, 0.2) is 5.65 Å². The van der Waals surface area contributed by atoms with Crippen molar-refractivity contribution in [2.75, 3.05) is 42.4 Å². The maximum atomic E-state index is 5.51. The van der Waals surface area contributed by atoms with Gasteiger partial charge in [0.25, 0.3) is 0 Å². The highest BCUT2D eigenvalue weighted by Crippen LogP contribution is 2.37. The summed E-state index contributed by atoms with van der Waals surface area (Å²) in [5, 5.41) is 3.41. The molecule has 1 saturated heterocycles. The lowest BCUT2D eigenvalue weighted by Crippen LogP contribution is -2.36. The third-order valence-electron chi connectivity index (χ3n) is 5.57. The molecule has 7 heteroatoms. The zero-order chi connectivity index (χ0) is 19.9. The maximum Gasteiger partial charge on any atom is 0.167 e. The summed E-state index contributed by atoms with van der Waals surface area (Å²) in [4.78, 5) is 13.6. The smallest absolute Gasteiger partial charge is 0.167 e. The molecule has 0 radical (unpaired) electrons. The summed E-state index contributed by atoms with van der Waals surface area (Å²) in [7, 11) is 0. The van der Waals surface area contributed by atoms with Crippen molar-refractivity contribution >= 4 is 34.4 Å². The van der Waals surface area contributed by atoms with E-state index in [1.54, 1.807) is 0 Å². The second-order valence-corrected chi connectivity index (χ2v) is 8.41. The van der Waals surface area contributed by atoms with Crippen LogP contribution in [-0.4, -0.2) is 46.7 Å². The summed E-state index contributed by atoms with van der Waals surface area (Å²) in [6.07, 6.45) is 0. The van der Waals surface area contributed by atoms with Gasteiger partial charge in [0.05, 0.1) is 24.8 Å². The van der Waals surface area contributed by atoms with Gasteiger partial charge < -0.3 is 15.0 Å². The number of hydrogen-bond donors (Lipinski definition) is 1. The molecule has 2 aromatic heterocycles. The van der Waals surface area contributed by atoms with E-state index in [0.717, 1.165) is 66.2 Å². The van der Waals surface area contributed by atoms with Crippen LogP contribution in [0.1, 0.15) is 0 Å². The molecular weight excluding hydrogens is 394 g/mol. The quantitative estimate of drug-likeness (QED) is 0.535. The van der Waals surface area contributed by atoms with Gasteiger partial charge in [-0.05, 0) is 30.3 Å². The molecular formula is C23H21N5OS. The Kier molecular flexibility index (Phi) is 4.35. The van der Waals surface area contributed by atoms with Crippen molar-refractivity contribution in [3.63, 3.8) is 0 Å². The van der Waals surface area contributed by atoms with Crippen LogP contribution in [0.2, 0.25) is 0 Å². The Hall–Kier alpha value is -3.03. The van der Waals surface area contributed by atoms with Crippen LogP contribution in [0, 0.1) is 0 Å². The summed E-state index contributed by atoms with van der Waals surface area (Å²) < 4.78 is 7.70. The second-order valence-electron chi connectivity index (χ2n) is 7.39. The van der Waals surface area contributed by atoms with Gasteiger partial charge in [-0.25, -0.2) is 9.97 Å².